The summed E-state index contributed by atoms with van der Waals surface area (Å²) >= 11 is 6.44. The second-order valence-electron chi connectivity index (χ2n) is 6.67. The molecule has 0 aliphatic heterocycles. The predicted octanol–water partition coefficient (Wildman–Crippen LogP) is 6.30. The van der Waals surface area contributed by atoms with Crippen molar-refractivity contribution in [1.29, 1.82) is 0 Å². The fourth-order valence-electron chi connectivity index (χ4n) is 3.24. The predicted molar refractivity (Wildman–Crippen MR) is 110 cm³/mol. The molecule has 4 aromatic rings. The summed E-state index contributed by atoms with van der Waals surface area (Å²) in [6.45, 7) is 3.80. The molecule has 0 spiro atoms. The van der Waals surface area contributed by atoms with Crippen molar-refractivity contribution < 1.29 is 13.2 Å². The quantitative estimate of drug-likeness (QED) is 0.417. The Kier molecular flexibility index (Phi) is 5.20. The maximum atomic E-state index is 13.9. The van der Waals surface area contributed by atoms with Crippen LogP contribution in [0.15, 0.2) is 47.0 Å². The molecule has 4 nitrogen and oxygen atoms in total. The maximum Gasteiger partial charge on any atom is 0.192 e. The van der Waals surface area contributed by atoms with E-state index in [0.29, 0.717) is 39.8 Å². The van der Waals surface area contributed by atoms with Crippen LogP contribution in [0, 0.1) is 18.6 Å². The van der Waals surface area contributed by atoms with Crippen LogP contribution in [0.25, 0.3) is 22.4 Å². The molecule has 0 amide bonds. The van der Waals surface area contributed by atoms with Crippen molar-refractivity contribution >= 4 is 28.4 Å². The number of pyridine rings is 1. The van der Waals surface area contributed by atoms with Gasteiger partial charge in [0.2, 0.25) is 0 Å². The SMILES string of the molecule is CCc1cc(-c2cc3oc(C)nc3cc2Cl)ncc1NCc1c(F)cccc1F. The van der Waals surface area contributed by atoms with Crippen LogP contribution in [0.3, 0.4) is 0 Å². The molecule has 0 aliphatic carbocycles. The van der Waals surface area contributed by atoms with Gasteiger partial charge in [-0.25, -0.2) is 13.8 Å². The molecule has 0 saturated carbocycles. The van der Waals surface area contributed by atoms with Gasteiger partial charge in [-0.15, -0.1) is 0 Å². The van der Waals surface area contributed by atoms with Crippen molar-refractivity contribution in [2.24, 2.45) is 0 Å². The number of halogens is 3. The Hall–Kier alpha value is -2.99. The summed E-state index contributed by atoms with van der Waals surface area (Å²) in [7, 11) is 0. The lowest BCUT2D eigenvalue weighted by Gasteiger charge is -2.13. The standard InChI is InChI=1S/C22H18ClF2N3O/c1-3-13-7-19(14-8-22-20(9-16(14)23)28-12(2)29-22)27-11-21(13)26-10-15-17(24)5-4-6-18(15)25/h4-9,11,26H,3,10H2,1-2H3. The number of rotatable bonds is 5. The van der Waals surface area contributed by atoms with E-state index in [0.717, 1.165) is 11.1 Å². The van der Waals surface area contributed by atoms with Crippen molar-refractivity contribution in [3.63, 3.8) is 0 Å². The molecular weight excluding hydrogens is 396 g/mol. The number of fused-ring (bicyclic) bond motifs is 1. The fraction of sp³-hybridized carbons (Fsp3) is 0.182. The smallest absolute Gasteiger partial charge is 0.192 e. The second-order valence-corrected chi connectivity index (χ2v) is 7.07. The number of oxazole rings is 1. The zero-order valence-electron chi connectivity index (χ0n) is 15.9. The van der Waals surface area contributed by atoms with Gasteiger partial charge in [0.05, 0.1) is 22.6 Å². The summed E-state index contributed by atoms with van der Waals surface area (Å²) in [5.41, 5.74) is 4.41. The van der Waals surface area contributed by atoms with Gasteiger partial charge in [-0.3, -0.25) is 4.98 Å². The lowest BCUT2D eigenvalue weighted by molar-refractivity contribution is 0.559. The summed E-state index contributed by atoms with van der Waals surface area (Å²) in [4.78, 5) is 8.77. The average molecular weight is 414 g/mol. The molecule has 0 radical (unpaired) electrons. The molecule has 7 heteroatoms. The van der Waals surface area contributed by atoms with Crippen LogP contribution in [0.1, 0.15) is 23.9 Å². The molecule has 2 heterocycles. The molecule has 0 unspecified atom stereocenters. The first kappa shape index (κ1) is 19.3. The highest BCUT2D eigenvalue weighted by Crippen LogP contribution is 2.33. The summed E-state index contributed by atoms with van der Waals surface area (Å²) in [5.74, 6) is -0.597. The third-order valence-electron chi connectivity index (χ3n) is 4.75. The minimum absolute atomic E-state index is 0.00665. The number of hydrogen-bond donors (Lipinski definition) is 1. The molecule has 0 saturated heterocycles. The van der Waals surface area contributed by atoms with Crippen molar-refractivity contribution in [2.75, 3.05) is 5.32 Å². The van der Waals surface area contributed by atoms with Gasteiger partial charge in [-0.1, -0.05) is 24.6 Å². The van der Waals surface area contributed by atoms with Crippen LogP contribution in [-0.2, 0) is 13.0 Å². The molecule has 0 bridgehead atoms. The van der Waals surface area contributed by atoms with Crippen molar-refractivity contribution in [1.82, 2.24) is 9.97 Å². The Morgan fingerprint density at radius 2 is 1.90 bits per heavy atom. The number of nitrogens with zero attached hydrogens (tertiary/aromatic N) is 2. The van der Waals surface area contributed by atoms with E-state index in [4.69, 9.17) is 16.0 Å². The van der Waals surface area contributed by atoms with E-state index < -0.39 is 11.6 Å². The van der Waals surface area contributed by atoms with Gasteiger partial charge in [-0.2, -0.15) is 0 Å². The first-order valence-corrected chi connectivity index (χ1v) is 9.56. The summed E-state index contributed by atoms with van der Waals surface area (Å²) in [6.07, 6.45) is 2.36. The van der Waals surface area contributed by atoms with Gasteiger partial charge >= 0.3 is 0 Å². The lowest BCUT2D eigenvalue weighted by Crippen LogP contribution is -2.07. The van der Waals surface area contributed by atoms with E-state index in [-0.39, 0.29) is 12.1 Å². The van der Waals surface area contributed by atoms with Crippen LogP contribution in [0.2, 0.25) is 5.02 Å². The van der Waals surface area contributed by atoms with E-state index in [1.165, 1.54) is 18.2 Å². The van der Waals surface area contributed by atoms with E-state index in [9.17, 15) is 8.78 Å². The first-order chi connectivity index (χ1) is 14.0. The fourth-order valence-corrected chi connectivity index (χ4v) is 3.50. The minimum Gasteiger partial charge on any atom is -0.441 e. The summed E-state index contributed by atoms with van der Waals surface area (Å²) in [6, 6.07) is 9.32. The van der Waals surface area contributed by atoms with Crippen molar-refractivity contribution in [3.05, 3.63) is 76.3 Å². The largest absolute Gasteiger partial charge is 0.441 e. The Morgan fingerprint density at radius 3 is 2.62 bits per heavy atom. The average Bonchev–Trinajstić information content (AvgIpc) is 3.05. The lowest BCUT2D eigenvalue weighted by atomic mass is 10.1. The molecular formula is C22H18ClF2N3O. The molecule has 0 fully saturated rings. The molecule has 0 aliphatic rings. The Labute approximate surface area is 171 Å². The number of benzene rings is 2. The molecule has 4 rings (SSSR count). The van der Waals surface area contributed by atoms with Crippen LogP contribution >= 0.6 is 11.6 Å². The van der Waals surface area contributed by atoms with E-state index in [1.807, 2.05) is 19.1 Å². The Balaban J connectivity index is 1.66. The topological polar surface area (TPSA) is 51.0 Å². The van der Waals surface area contributed by atoms with E-state index in [2.05, 4.69) is 15.3 Å². The highest BCUT2D eigenvalue weighted by molar-refractivity contribution is 6.34. The number of aryl methyl sites for hydroxylation is 2. The number of hydrogen-bond acceptors (Lipinski definition) is 4. The second kappa shape index (κ2) is 7.79. The zero-order valence-corrected chi connectivity index (χ0v) is 16.6. The number of nitrogens with one attached hydrogen (secondary N) is 1. The minimum atomic E-state index is -0.581. The molecule has 148 valence electrons. The number of anilines is 1. The maximum absolute atomic E-state index is 13.9. The van der Waals surface area contributed by atoms with Crippen LogP contribution in [0.4, 0.5) is 14.5 Å². The Morgan fingerprint density at radius 1 is 1.14 bits per heavy atom. The molecule has 0 atom stereocenters. The van der Waals surface area contributed by atoms with E-state index >= 15 is 0 Å². The van der Waals surface area contributed by atoms with Gasteiger partial charge < -0.3 is 9.73 Å². The highest BCUT2D eigenvalue weighted by Gasteiger charge is 2.14. The van der Waals surface area contributed by atoms with Gasteiger partial charge in [0.15, 0.2) is 11.5 Å². The Bertz CT molecular complexity index is 1190. The van der Waals surface area contributed by atoms with Gasteiger partial charge in [0.25, 0.3) is 0 Å². The van der Waals surface area contributed by atoms with Gasteiger partial charge in [-0.05, 0) is 42.3 Å². The van der Waals surface area contributed by atoms with Crippen LogP contribution in [-0.4, -0.2) is 9.97 Å². The highest BCUT2D eigenvalue weighted by atomic mass is 35.5. The third-order valence-corrected chi connectivity index (χ3v) is 5.06. The van der Waals surface area contributed by atoms with Crippen molar-refractivity contribution in [2.45, 2.75) is 26.8 Å². The molecule has 29 heavy (non-hydrogen) atoms. The zero-order chi connectivity index (χ0) is 20.5. The third kappa shape index (κ3) is 3.80. The molecule has 1 N–H and O–H groups in total. The van der Waals surface area contributed by atoms with Crippen molar-refractivity contribution in [3.8, 4) is 11.3 Å². The van der Waals surface area contributed by atoms with Gasteiger partial charge in [0.1, 0.15) is 17.2 Å². The van der Waals surface area contributed by atoms with Gasteiger partial charge in [0, 0.05) is 24.6 Å². The number of aromatic nitrogens is 2. The van der Waals surface area contributed by atoms with E-state index in [1.54, 1.807) is 19.2 Å². The summed E-state index contributed by atoms with van der Waals surface area (Å²) < 4.78 is 33.3. The normalized spacial score (nSPS) is 11.2. The molecule has 2 aromatic carbocycles. The first-order valence-electron chi connectivity index (χ1n) is 9.19. The molecule has 2 aromatic heterocycles. The van der Waals surface area contributed by atoms with Crippen LogP contribution < -0.4 is 5.32 Å². The van der Waals surface area contributed by atoms with Crippen LogP contribution in [0.5, 0.6) is 0 Å². The monoisotopic (exact) mass is 413 g/mol. The summed E-state index contributed by atoms with van der Waals surface area (Å²) in [5, 5.41) is 3.61.